The first-order chi connectivity index (χ1) is 10.5. The number of benzene rings is 2. The van der Waals surface area contributed by atoms with Crippen LogP contribution in [0.3, 0.4) is 0 Å². The number of carbonyl (C=O) groups excluding carboxylic acids is 1. The lowest BCUT2D eigenvalue weighted by Gasteiger charge is -2.08. The molecule has 0 unspecified atom stereocenters. The average Bonchev–Trinajstić information content (AvgIpc) is 2.54. The quantitative estimate of drug-likeness (QED) is 0.926. The van der Waals surface area contributed by atoms with Gasteiger partial charge < -0.3 is 4.74 Å². The molecule has 0 saturated heterocycles. The molecule has 0 bridgehead atoms. The van der Waals surface area contributed by atoms with Crippen molar-refractivity contribution in [3.63, 3.8) is 0 Å². The summed E-state index contributed by atoms with van der Waals surface area (Å²) >= 11 is 0. The molecule has 1 amide bonds. The lowest BCUT2D eigenvalue weighted by Crippen LogP contribution is -2.30. The van der Waals surface area contributed by atoms with E-state index < -0.39 is 15.9 Å². The Kier molecular flexibility index (Phi) is 4.44. The zero-order valence-electron chi connectivity index (χ0n) is 11.6. The molecule has 0 aromatic heterocycles. The van der Waals surface area contributed by atoms with Crippen LogP contribution in [0, 0.1) is 11.3 Å². The van der Waals surface area contributed by atoms with Gasteiger partial charge in [-0.1, -0.05) is 6.07 Å². The van der Waals surface area contributed by atoms with E-state index in [1.165, 1.54) is 43.5 Å². The summed E-state index contributed by atoms with van der Waals surface area (Å²) in [6.45, 7) is 0. The van der Waals surface area contributed by atoms with Gasteiger partial charge in [0.15, 0.2) is 0 Å². The number of rotatable bonds is 4. The highest BCUT2D eigenvalue weighted by Gasteiger charge is 2.18. The number of ether oxygens (including phenoxy) is 1. The Morgan fingerprint density at radius 3 is 2.45 bits per heavy atom. The van der Waals surface area contributed by atoms with Gasteiger partial charge in [0.05, 0.1) is 23.6 Å². The summed E-state index contributed by atoms with van der Waals surface area (Å²) in [6, 6.07) is 13.3. The van der Waals surface area contributed by atoms with Crippen LogP contribution in [0.5, 0.6) is 5.75 Å². The number of nitrogens with zero attached hydrogens (tertiary/aromatic N) is 1. The van der Waals surface area contributed by atoms with Crippen LogP contribution in [0.2, 0.25) is 0 Å². The van der Waals surface area contributed by atoms with E-state index in [1.807, 2.05) is 10.8 Å². The van der Waals surface area contributed by atoms with E-state index in [0.717, 1.165) is 0 Å². The van der Waals surface area contributed by atoms with Crippen molar-refractivity contribution in [3.05, 3.63) is 59.7 Å². The van der Waals surface area contributed by atoms with Gasteiger partial charge in [0.25, 0.3) is 15.9 Å². The van der Waals surface area contributed by atoms with Crippen molar-refractivity contribution < 1.29 is 17.9 Å². The Hall–Kier alpha value is -2.85. The molecule has 0 saturated carbocycles. The first-order valence-corrected chi connectivity index (χ1v) is 7.66. The molecule has 0 aliphatic carbocycles. The maximum Gasteiger partial charge on any atom is 0.265 e. The predicted octanol–water partition coefficient (Wildman–Crippen LogP) is 1.69. The summed E-state index contributed by atoms with van der Waals surface area (Å²) in [7, 11) is -2.55. The van der Waals surface area contributed by atoms with E-state index in [-0.39, 0.29) is 10.5 Å². The number of methoxy groups -OCH3 is 1. The van der Waals surface area contributed by atoms with Crippen LogP contribution in [-0.4, -0.2) is 21.4 Å². The largest absolute Gasteiger partial charge is 0.497 e. The monoisotopic (exact) mass is 316 g/mol. The maximum atomic E-state index is 12.1. The Bertz CT molecular complexity index is 837. The molecule has 0 spiro atoms. The van der Waals surface area contributed by atoms with Crippen molar-refractivity contribution in [2.45, 2.75) is 4.90 Å². The van der Waals surface area contributed by atoms with Gasteiger partial charge in [-0.05, 0) is 42.5 Å². The number of nitriles is 1. The number of carbonyl (C=O) groups is 1. The van der Waals surface area contributed by atoms with Crippen LogP contribution in [0.15, 0.2) is 53.4 Å². The second kappa shape index (κ2) is 6.28. The van der Waals surface area contributed by atoms with Gasteiger partial charge in [-0.25, -0.2) is 13.1 Å². The molecule has 0 radical (unpaired) electrons. The number of amides is 1. The van der Waals surface area contributed by atoms with Crippen LogP contribution in [0.4, 0.5) is 0 Å². The molecule has 0 atom stereocenters. The summed E-state index contributed by atoms with van der Waals surface area (Å²) in [5, 5.41) is 8.69. The Morgan fingerprint density at radius 1 is 1.18 bits per heavy atom. The van der Waals surface area contributed by atoms with Gasteiger partial charge in [0.2, 0.25) is 0 Å². The van der Waals surface area contributed by atoms with E-state index in [9.17, 15) is 13.2 Å². The molecule has 0 fully saturated rings. The predicted molar refractivity (Wildman–Crippen MR) is 78.8 cm³/mol. The zero-order chi connectivity index (χ0) is 16.2. The lowest BCUT2D eigenvalue weighted by atomic mass is 10.2. The summed E-state index contributed by atoms with van der Waals surface area (Å²) in [4.78, 5) is 11.9. The molecule has 0 aliphatic heterocycles. The molecule has 7 heteroatoms. The highest BCUT2D eigenvalue weighted by atomic mass is 32.2. The van der Waals surface area contributed by atoms with Crippen molar-refractivity contribution in [2.75, 3.05) is 7.11 Å². The summed E-state index contributed by atoms with van der Waals surface area (Å²) in [5.74, 6) is -0.313. The fourth-order valence-electron chi connectivity index (χ4n) is 1.71. The summed E-state index contributed by atoms with van der Waals surface area (Å²) < 4.78 is 31.2. The standard InChI is InChI=1S/C15H12N2O4S/c1-21-13-4-2-3-12(9-13)15(18)17-22(19,20)14-7-5-11(10-16)6-8-14/h2-9H,1H3,(H,17,18). The molecule has 2 rings (SSSR count). The van der Waals surface area contributed by atoms with Crippen LogP contribution in [-0.2, 0) is 10.0 Å². The summed E-state index contributed by atoms with van der Waals surface area (Å²) in [6.07, 6.45) is 0. The SMILES string of the molecule is COc1cccc(C(=O)NS(=O)(=O)c2ccc(C#N)cc2)c1. The van der Waals surface area contributed by atoms with Crippen molar-refractivity contribution >= 4 is 15.9 Å². The van der Waals surface area contributed by atoms with Crippen molar-refractivity contribution in [1.29, 1.82) is 5.26 Å². The number of nitrogens with one attached hydrogen (secondary N) is 1. The van der Waals surface area contributed by atoms with E-state index in [4.69, 9.17) is 10.00 Å². The van der Waals surface area contributed by atoms with E-state index >= 15 is 0 Å². The van der Waals surface area contributed by atoms with Gasteiger partial charge in [-0.3, -0.25) is 4.79 Å². The minimum Gasteiger partial charge on any atom is -0.497 e. The number of hydrogen-bond acceptors (Lipinski definition) is 5. The van der Waals surface area contributed by atoms with Gasteiger partial charge in [-0.2, -0.15) is 5.26 Å². The van der Waals surface area contributed by atoms with Crippen molar-refractivity contribution in [1.82, 2.24) is 4.72 Å². The van der Waals surface area contributed by atoms with Crippen molar-refractivity contribution in [3.8, 4) is 11.8 Å². The molecule has 6 nitrogen and oxygen atoms in total. The second-order valence-electron chi connectivity index (χ2n) is 4.30. The van der Waals surface area contributed by atoms with Gasteiger partial charge >= 0.3 is 0 Å². The fourth-order valence-corrected chi connectivity index (χ4v) is 2.69. The molecule has 22 heavy (non-hydrogen) atoms. The second-order valence-corrected chi connectivity index (χ2v) is 5.99. The molecule has 2 aromatic rings. The average molecular weight is 316 g/mol. The fraction of sp³-hybridized carbons (Fsp3) is 0.0667. The number of hydrogen-bond donors (Lipinski definition) is 1. The van der Waals surface area contributed by atoms with Gasteiger partial charge in [0, 0.05) is 5.56 Å². The lowest BCUT2D eigenvalue weighted by molar-refractivity contribution is 0.0981. The van der Waals surface area contributed by atoms with Crippen LogP contribution >= 0.6 is 0 Å². The van der Waals surface area contributed by atoms with E-state index in [0.29, 0.717) is 11.3 Å². The van der Waals surface area contributed by atoms with Crippen LogP contribution in [0.25, 0.3) is 0 Å². The molecule has 0 aliphatic rings. The summed E-state index contributed by atoms with van der Waals surface area (Å²) in [5.41, 5.74) is 0.495. The normalized spacial score (nSPS) is 10.5. The first-order valence-electron chi connectivity index (χ1n) is 6.17. The molecule has 1 N–H and O–H groups in total. The number of sulfonamides is 1. The van der Waals surface area contributed by atoms with Crippen molar-refractivity contribution in [2.24, 2.45) is 0 Å². The smallest absolute Gasteiger partial charge is 0.265 e. The van der Waals surface area contributed by atoms with Gasteiger partial charge in [-0.15, -0.1) is 0 Å². The minimum absolute atomic E-state index is 0.0947. The van der Waals surface area contributed by atoms with Crippen LogP contribution < -0.4 is 9.46 Å². The molecule has 112 valence electrons. The highest BCUT2D eigenvalue weighted by Crippen LogP contribution is 2.14. The van der Waals surface area contributed by atoms with E-state index in [2.05, 4.69) is 0 Å². The molecule has 0 heterocycles. The van der Waals surface area contributed by atoms with Gasteiger partial charge in [0.1, 0.15) is 5.75 Å². The highest BCUT2D eigenvalue weighted by molar-refractivity contribution is 7.90. The first kappa shape index (κ1) is 15.5. The van der Waals surface area contributed by atoms with E-state index in [1.54, 1.807) is 12.1 Å². The Morgan fingerprint density at radius 2 is 1.86 bits per heavy atom. The Labute approximate surface area is 128 Å². The minimum atomic E-state index is -4.00. The molecule has 2 aromatic carbocycles. The maximum absolute atomic E-state index is 12.1. The Balaban J connectivity index is 2.23. The third kappa shape index (κ3) is 3.42. The third-order valence-electron chi connectivity index (χ3n) is 2.85. The molecular weight excluding hydrogens is 304 g/mol. The zero-order valence-corrected chi connectivity index (χ0v) is 12.4. The van der Waals surface area contributed by atoms with Crippen LogP contribution in [0.1, 0.15) is 15.9 Å². The molecular formula is C15H12N2O4S. The third-order valence-corrected chi connectivity index (χ3v) is 4.20. The topological polar surface area (TPSA) is 96.3 Å².